The van der Waals surface area contributed by atoms with E-state index in [1.807, 2.05) is 5.32 Å². The normalized spacial score (nSPS) is 11.1. The van der Waals surface area contributed by atoms with E-state index < -0.39 is 17.9 Å². The van der Waals surface area contributed by atoms with E-state index in [1.165, 1.54) is 20.9 Å². The van der Waals surface area contributed by atoms with Crippen LogP contribution in [0.3, 0.4) is 0 Å². The van der Waals surface area contributed by atoms with Gasteiger partial charge in [0.25, 0.3) is 5.91 Å². The number of amides is 4. The number of carbonyl (C=O) groups is 4. The highest BCUT2D eigenvalue weighted by atomic mass is 16.4. The Hall–Kier alpha value is -2.38. The van der Waals surface area contributed by atoms with Crippen LogP contribution in [0.5, 0.6) is 0 Å². The molecule has 0 fully saturated rings. The van der Waals surface area contributed by atoms with Crippen LogP contribution in [0.25, 0.3) is 0 Å². The van der Waals surface area contributed by atoms with Gasteiger partial charge in [-0.15, -0.1) is 0 Å². The van der Waals surface area contributed by atoms with Gasteiger partial charge in [-0.05, 0) is 13.8 Å². The highest BCUT2D eigenvalue weighted by Crippen LogP contribution is 2.03. The Bertz CT molecular complexity index is 428. The van der Waals surface area contributed by atoms with Crippen molar-refractivity contribution in [2.75, 3.05) is 13.6 Å². The largest absolute Gasteiger partial charge is 0.478 e. The third-order valence-electron chi connectivity index (χ3n) is 2.37. The van der Waals surface area contributed by atoms with E-state index in [0.717, 1.165) is 0 Å². The van der Waals surface area contributed by atoms with Crippen molar-refractivity contribution in [2.45, 2.75) is 20.3 Å². The van der Waals surface area contributed by atoms with Gasteiger partial charge in [-0.3, -0.25) is 14.9 Å². The Morgan fingerprint density at radius 2 is 1.63 bits per heavy atom. The Balaban J connectivity index is 4.28. The Morgan fingerprint density at radius 3 is 2.11 bits per heavy atom. The van der Waals surface area contributed by atoms with Crippen LogP contribution in [0.1, 0.15) is 20.3 Å². The van der Waals surface area contributed by atoms with Crippen LogP contribution >= 0.6 is 0 Å². The molecule has 0 spiro atoms. The second kappa shape index (κ2) is 7.85. The minimum Gasteiger partial charge on any atom is -0.478 e. The third kappa shape index (κ3) is 6.20. The molecule has 19 heavy (non-hydrogen) atoms. The average molecular weight is 271 g/mol. The van der Waals surface area contributed by atoms with Crippen molar-refractivity contribution in [1.82, 2.24) is 16.0 Å². The zero-order valence-electron chi connectivity index (χ0n) is 11.0. The first kappa shape index (κ1) is 16.6. The highest BCUT2D eigenvalue weighted by Gasteiger charge is 2.14. The van der Waals surface area contributed by atoms with Crippen molar-refractivity contribution >= 4 is 23.8 Å². The lowest BCUT2D eigenvalue weighted by Crippen LogP contribution is -2.41. The first-order chi connectivity index (χ1) is 8.79. The number of imide groups is 1. The summed E-state index contributed by atoms with van der Waals surface area (Å²) in [6.45, 7) is 2.64. The van der Waals surface area contributed by atoms with Crippen molar-refractivity contribution in [3.63, 3.8) is 0 Å². The van der Waals surface area contributed by atoms with Crippen molar-refractivity contribution < 1.29 is 24.3 Å². The molecular weight excluding hydrogens is 254 g/mol. The Morgan fingerprint density at radius 1 is 1.05 bits per heavy atom. The molecule has 0 atom stereocenters. The summed E-state index contributed by atoms with van der Waals surface area (Å²) >= 11 is 0. The van der Waals surface area contributed by atoms with Gasteiger partial charge in [-0.25, -0.2) is 9.59 Å². The number of rotatable bonds is 5. The quantitative estimate of drug-likeness (QED) is 0.495. The predicted molar refractivity (Wildman–Crippen MR) is 66.2 cm³/mol. The molecule has 0 radical (unpaired) electrons. The second-order valence-corrected chi connectivity index (χ2v) is 3.69. The molecule has 0 aliphatic rings. The molecule has 8 heteroatoms. The number of hydrogen-bond donors (Lipinski definition) is 4. The molecule has 0 aromatic rings. The summed E-state index contributed by atoms with van der Waals surface area (Å²) in [6.07, 6.45) is 0.0844. The summed E-state index contributed by atoms with van der Waals surface area (Å²) in [4.78, 5) is 44.2. The third-order valence-corrected chi connectivity index (χ3v) is 2.37. The van der Waals surface area contributed by atoms with Crippen LogP contribution < -0.4 is 16.0 Å². The fourth-order valence-corrected chi connectivity index (χ4v) is 0.986. The minimum atomic E-state index is -1.23. The molecule has 0 bridgehead atoms. The SMILES string of the molecule is CNC(=O)CCNC(=O)NC(=O)C(C)=C(C)C(=O)O. The van der Waals surface area contributed by atoms with Crippen LogP contribution in [0.2, 0.25) is 0 Å². The minimum absolute atomic E-state index is 0.0612. The number of aliphatic carboxylic acids is 1. The van der Waals surface area contributed by atoms with Crippen molar-refractivity contribution in [3.05, 3.63) is 11.1 Å². The van der Waals surface area contributed by atoms with Crippen molar-refractivity contribution in [1.29, 1.82) is 0 Å². The predicted octanol–water partition coefficient (Wildman–Crippen LogP) is -0.631. The Kier molecular flexibility index (Phi) is 6.87. The lowest BCUT2D eigenvalue weighted by atomic mass is 10.1. The summed E-state index contributed by atoms with van der Waals surface area (Å²) < 4.78 is 0. The second-order valence-electron chi connectivity index (χ2n) is 3.69. The summed E-state index contributed by atoms with van der Waals surface area (Å²) in [5.41, 5.74) is -0.204. The van der Waals surface area contributed by atoms with Gasteiger partial charge < -0.3 is 15.7 Å². The molecular formula is C11H17N3O5. The molecule has 0 aromatic carbocycles. The van der Waals surface area contributed by atoms with E-state index in [2.05, 4.69) is 10.6 Å². The van der Waals surface area contributed by atoms with Gasteiger partial charge >= 0.3 is 12.0 Å². The zero-order valence-corrected chi connectivity index (χ0v) is 11.0. The monoisotopic (exact) mass is 271 g/mol. The molecule has 0 aliphatic heterocycles. The number of carboxylic acids is 1. The highest BCUT2D eigenvalue weighted by molar-refractivity contribution is 6.07. The van der Waals surface area contributed by atoms with E-state index in [1.54, 1.807) is 0 Å². The molecule has 106 valence electrons. The van der Waals surface area contributed by atoms with Gasteiger partial charge in [-0.1, -0.05) is 0 Å². The molecule has 8 nitrogen and oxygen atoms in total. The number of urea groups is 1. The van der Waals surface area contributed by atoms with Gasteiger partial charge in [-0.2, -0.15) is 0 Å². The van der Waals surface area contributed by atoms with E-state index in [-0.39, 0.29) is 30.0 Å². The molecule has 0 saturated carbocycles. The lowest BCUT2D eigenvalue weighted by molar-refractivity contribution is -0.133. The maximum absolute atomic E-state index is 11.5. The number of carbonyl (C=O) groups excluding carboxylic acids is 3. The summed E-state index contributed by atoms with van der Waals surface area (Å²) in [5, 5.41) is 15.3. The van der Waals surface area contributed by atoms with Gasteiger partial charge in [0.2, 0.25) is 5.91 Å². The molecule has 0 aliphatic carbocycles. The van der Waals surface area contributed by atoms with Crippen LogP contribution in [0, 0.1) is 0 Å². The smallest absolute Gasteiger partial charge is 0.331 e. The van der Waals surface area contributed by atoms with Gasteiger partial charge in [0, 0.05) is 31.2 Å². The van der Waals surface area contributed by atoms with Gasteiger partial charge in [0.1, 0.15) is 0 Å². The van der Waals surface area contributed by atoms with Crippen LogP contribution in [0.15, 0.2) is 11.1 Å². The summed E-state index contributed by atoms with van der Waals surface area (Å²) in [7, 11) is 1.47. The molecule has 0 saturated heterocycles. The topological polar surface area (TPSA) is 125 Å². The molecule has 4 N–H and O–H groups in total. The van der Waals surface area contributed by atoms with E-state index in [4.69, 9.17) is 5.11 Å². The van der Waals surface area contributed by atoms with Crippen LogP contribution in [-0.4, -0.2) is 42.5 Å². The zero-order chi connectivity index (χ0) is 15.0. The van der Waals surface area contributed by atoms with E-state index >= 15 is 0 Å². The molecule has 0 rings (SSSR count). The van der Waals surface area contributed by atoms with E-state index in [0.29, 0.717) is 0 Å². The van der Waals surface area contributed by atoms with Gasteiger partial charge in [0.15, 0.2) is 0 Å². The first-order valence-electron chi connectivity index (χ1n) is 5.50. The summed E-state index contributed by atoms with van der Waals surface area (Å²) in [6, 6.07) is -0.786. The molecule has 4 amide bonds. The lowest BCUT2D eigenvalue weighted by Gasteiger charge is -2.07. The van der Waals surface area contributed by atoms with Gasteiger partial charge in [0.05, 0.1) is 0 Å². The molecule has 0 heterocycles. The maximum atomic E-state index is 11.5. The fourth-order valence-electron chi connectivity index (χ4n) is 0.986. The molecule has 0 aromatic heterocycles. The van der Waals surface area contributed by atoms with Crippen molar-refractivity contribution in [2.24, 2.45) is 0 Å². The Labute approximate surface area is 110 Å². The van der Waals surface area contributed by atoms with Crippen LogP contribution in [-0.2, 0) is 14.4 Å². The van der Waals surface area contributed by atoms with E-state index in [9.17, 15) is 19.2 Å². The fraction of sp³-hybridized carbons (Fsp3) is 0.455. The summed E-state index contributed by atoms with van der Waals surface area (Å²) in [5.74, 6) is -2.27. The number of hydrogen-bond acceptors (Lipinski definition) is 4. The first-order valence-corrected chi connectivity index (χ1v) is 5.50. The number of nitrogens with one attached hydrogen (secondary N) is 3. The van der Waals surface area contributed by atoms with Crippen molar-refractivity contribution in [3.8, 4) is 0 Å². The average Bonchev–Trinajstić information content (AvgIpc) is 2.36. The number of carboxylic acid groups (broad SMARTS) is 1. The standard InChI is InChI=1S/C11H17N3O5/c1-6(7(2)10(17)18)9(16)14-11(19)13-5-4-8(15)12-3/h4-5H2,1-3H3,(H,12,15)(H,17,18)(H2,13,14,16,19). The van der Waals surface area contributed by atoms with Crippen LogP contribution in [0.4, 0.5) is 4.79 Å². The maximum Gasteiger partial charge on any atom is 0.331 e. The molecule has 0 unspecified atom stereocenters.